The van der Waals surface area contributed by atoms with Crippen LogP contribution in [0, 0.1) is 0 Å². The summed E-state index contributed by atoms with van der Waals surface area (Å²) >= 11 is 0. The van der Waals surface area contributed by atoms with Crippen molar-refractivity contribution in [2.45, 2.75) is 58.4 Å². The molecule has 140 valence electrons. The van der Waals surface area contributed by atoms with Crippen molar-refractivity contribution in [2.75, 3.05) is 11.9 Å². The van der Waals surface area contributed by atoms with E-state index in [0.717, 1.165) is 12.8 Å². The van der Waals surface area contributed by atoms with Crippen LogP contribution in [0.1, 0.15) is 68.8 Å². The fourth-order valence-corrected chi connectivity index (χ4v) is 3.32. The number of carbonyl (C=O) groups excluding carboxylic acids is 1. The molecule has 2 aromatic rings. The number of aromatic nitrogens is 2. The number of hydrogen-bond donors (Lipinski definition) is 1. The van der Waals surface area contributed by atoms with Gasteiger partial charge in [-0.15, -0.1) is 0 Å². The maximum Gasteiger partial charge on any atom is 0.341 e. The van der Waals surface area contributed by atoms with E-state index in [1.165, 1.54) is 37.2 Å². The van der Waals surface area contributed by atoms with Gasteiger partial charge in [0.2, 0.25) is 5.95 Å². The number of ether oxygens (including phenoxy) is 1. The van der Waals surface area contributed by atoms with Gasteiger partial charge in [0.25, 0.3) is 0 Å². The highest BCUT2D eigenvalue weighted by atomic mass is 16.5. The summed E-state index contributed by atoms with van der Waals surface area (Å²) < 4.78 is 4.97. The van der Waals surface area contributed by atoms with Crippen LogP contribution in [-0.4, -0.2) is 22.5 Å². The van der Waals surface area contributed by atoms with Crippen LogP contribution >= 0.6 is 0 Å². The van der Waals surface area contributed by atoms with Gasteiger partial charge in [0, 0.05) is 12.4 Å². The van der Waals surface area contributed by atoms with Crippen LogP contribution in [0.2, 0.25) is 0 Å². The lowest BCUT2D eigenvalue weighted by Gasteiger charge is -2.38. The fraction of sp³-hybridized carbons (Fsp3) is 0.476. The average molecular weight is 355 g/mol. The Kier molecular flexibility index (Phi) is 7.57. The molecule has 1 saturated carbocycles. The van der Waals surface area contributed by atoms with Crippen molar-refractivity contribution in [3.8, 4) is 0 Å². The molecule has 3 rings (SSSR count). The number of nitrogens with one attached hydrogen (secondary N) is 1. The first-order valence-corrected chi connectivity index (χ1v) is 9.56. The molecular formula is C21H29N3O2. The van der Waals surface area contributed by atoms with Crippen LogP contribution in [-0.2, 0) is 10.3 Å². The third-order valence-corrected chi connectivity index (χ3v) is 4.55. The fourth-order valence-electron chi connectivity index (χ4n) is 3.32. The topological polar surface area (TPSA) is 64.1 Å². The van der Waals surface area contributed by atoms with Gasteiger partial charge in [-0.05, 0) is 25.3 Å². The molecule has 1 N–H and O–H groups in total. The second-order valence-electron chi connectivity index (χ2n) is 6.15. The number of benzene rings is 1. The second-order valence-corrected chi connectivity index (χ2v) is 6.15. The van der Waals surface area contributed by atoms with E-state index in [1.54, 1.807) is 6.92 Å². The van der Waals surface area contributed by atoms with E-state index < -0.39 is 0 Å². The molecule has 5 nitrogen and oxygen atoms in total. The first-order valence-electron chi connectivity index (χ1n) is 9.56. The van der Waals surface area contributed by atoms with Gasteiger partial charge in [0.1, 0.15) is 0 Å². The molecule has 0 radical (unpaired) electrons. The third-order valence-electron chi connectivity index (χ3n) is 4.55. The van der Waals surface area contributed by atoms with Crippen LogP contribution in [0.25, 0.3) is 0 Å². The Morgan fingerprint density at radius 2 is 1.69 bits per heavy atom. The zero-order valence-electron chi connectivity index (χ0n) is 16.0. The lowest BCUT2D eigenvalue weighted by molar-refractivity contribution is 0.0525. The van der Waals surface area contributed by atoms with Gasteiger partial charge in [0.15, 0.2) is 0 Å². The second kappa shape index (κ2) is 9.90. The van der Waals surface area contributed by atoms with Gasteiger partial charge in [-0.3, -0.25) is 0 Å². The van der Waals surface area contributed by atoms with Crippen LogP contribution in [0.4, 0.5) is 5.95 Å². The van der Waals surface area contributed by atoms with Gasteiger partial charge in [0.05, 0.1) is 17.7 Å². The summed E-state index contributed by atoms with van der Waals surface area (Å²) in [4.78, 5) is 20.4. The minimum Gasteiger partial charge on any atom is -0.462 e. The molecule has 0 aliphatic heterocycles. The maximum atomic E-state index is 11.7. The molecule has 0 saturated heterocycles. The molecule has 1 aromatic heterocycles. The zero-order chi connectivity index (χ0) is 18.8. The molecule has 1 heterocycles. The molecule has 26 heavy (non-hydrogen) atoms. The van der Waals surface area contributed by atoms with E-state index in [-0.39, 0.29) is 11.5 Å². The molecule has 0 unspecified atom stereocenters. The SMILES string of the molecule is CC.CCOC(=O)c1cnc(NC2(c3ccccc3)CCCCC2)nc1. The van der Waals surface area contributed by atoms with Gasteiger partial charge in [-0.2, -0.15) is 0 Å². The Bertz CT molecular complexity index is 665. The Morgan fingerprint density at radius 1 is 1.08 bits per heavy atom. The van der Waals surface area contributed by atoms with E-state index in [2.05, 4.69) is 39.6 Å². The Labute approximate surface area is 156 Å². The minimum atomic E-state index is -0.389. The molecule has 1 aliphatic rings. The molecular weight excluding hydrogens is 326 g/mol. The Balaban J connectivity index is 0.00000117. The maximum absolute atomic E-state index is 11.7. The lowest BCUT2D eigenvalue weighted by atomic mass is 9.76. The first kappa shape index (κ1) is 19.9. The number of carbonyl (C=O) groups is 1. The summed E-state index contributed by atoms with van der Waals surface area (Å²) in [7, 11) is 0. The predicted molar refractivity (Wildman–Crippen MR) is 104 cm³/mol. The summed E-state index contributed by atoms with van der Waals surface area (Å²) in [5.74, 6) is 0.160. The number of rotatable bonds is 5. The Hall–Kier alpha value is -2.43. The first-order chi connectivity index (χ1) is 12.7. The summed E-state index contributed by atoms with van der Waals surface area (Å²) in [6, 6.07) is 10.5. The summed E-state index contributed by atoms with van der Waals surface area (Å²) in [6.07, 6.45) is 8.79. The highest BCUT2D eigenvalue weighted by molar-refractivity contribution is 5.88. The molecule has 1 aliphatic carbocycles. The zero-order valence-corrected chi connectivity index (χ0v) is 16.0. The van der Waals surface area contributed by atoms with E-state index in [0.29, 0.717) is 18.1 Å². The largest absolute Gasteiger partial charge is 0.462 e. The normalized spacial score (nSPS) is 15.3. The molecule has 0 spiro atoms. The molecule has 1 aromatic carbocycles. The summed E-state index contributed by atoms with van der Waals surface area (Å²) in [5, 5.41) is 3.53. The van der Waals surface area contributed by atoms with E-state index in [4.69, 9.17) is 4.74 Å². The predicted octanol–water partition coefficient (Wildman–Crippen LogP) is 4.95. The van der Waals surface area contributed by atoms with Gasteiger partial charge < -0.3 is 10.1 Å². The van der Waals surface area contributed by atoms with E-state index in [9.17, 15) is 4.79 Å². The number of hydrogen-bond acceptors (Lipinski definition) is 5. The van der Waals surface area contributed by atoms with Crippen LogP contribution in [0.15, 0.2) is 42.7 Å². The van der Waals surface area contributed by atoms with Crippen LogP contribution in [0.5, 0.6) is 0 Å². The third kappa shape index (κ3) is 4.81. The number of esters is 1. The summed E-state index contributed by atoms with van der Waals surface area (Å²) in [5.41, 5.74) is 1.51. The van der Waals surface area contributed by atoms with Crippen LogP contribution in [0.3, 0.4) is 0 Å². The number of nitrogens with zero attached hydrogens (tertiary/aromatic N) is 2. The molecule has 1 fully saturated rings. The Morgan fingerprint density at radius 3 is 2.27 bits per heavy atom. The quantitative estimate of drug-likeness (QED) is 0.769. The monoisotopic (exact) mass is 355 g/mol. The minimum absolute atomic E-state index is 0.134. The smallest absolute Gasteiger partial charge is 0.341 e. The van der Waals surface area contributed by atoms with Crippen molar-refractivity contribution in [3.63, 3.8) is 0 Å². The number of anilines is 1. The average Bonchev–Trinajstić information content (AvgIpc) is 2.72. The van der Waals surface area contributed by atoms with E-state index >= 15 is 0 Å². The highest BCUT2D eigenvalue weighted by Crippen LogP contribution is 2.39. The van der Waals surface area contributed by atoms with Crippen molar-refractivity contribution in [2.24, 2.45) is 0 Å². The summed E-state index contributed by atoms with van der Waals surface area (Å²) in [6.45, 7) is 6.12. The molecule has 5 heteroatoms. The van der Waals surface area contributed by atoms with Crippen molar-refractivity contribution in [1.29, 1.82) is 0 Å². The molecule has 0 amide bonds. The van der Waals surface area contributed by atoms with Crippen LogP contribution < -0.4 is 5.32 Å². The standard InChI is InChI=1S/C19H23N3O2.C2H6/c1-2-24-17(23)15-13-20-18(21-14-15)22-19(11-7-4-8-12-19)16-9-5-3-6-10-16;1-2/h3,5-6,9-10,13-14H,2,4,7-8,11-12H2,1H3,(H,20,21,22);1-2H3. The molecule has 0 bridgehead atoms. The van der Waals surface area contributed by atoms with Crippen molar-refractivity contribution >= 4 is 11.9 Å². The van der Waals surface area contributed by atoms with Gasteiger partial charge in [-0.25, -0.2) is 14.8 Å². The van der Waals surface area contributed by atoms with Crippen molar-refractivity contribution in [3.05, 3.63) is 53.9 Å². The van der Waals surface area contributed by atoms with Gasteiger partial charge in [-0.1, -0.05) is 63.4 Å². The highest BCUT2D eigenvalue weighted by Gasteiger charge is 2.34. The van der Waals surface area contributed by atoms with E-state index in [1.807, 2.05) is 19.9 Å². The lowest BCUT2D eigenvalue weighted by Crippen LogP contribution is -2.38. The molecule has 0 atom stereocenters. The van der Waals surface area contributed by atoms with Crippen molar-refractivity contribution < 1.29 is 9.53 Å². The van der Waals surface area contributed by atoms with Crippen molar-refractivity contribution in [1.82, 2.24) is 9.97 Å². The van der Waals surface area contributed by atoms with Gasteiger partial charge >= 0.3 is 5.97 Å².